The van der Waals surface area contributed by atoms with E-state index in [-0.39, 0.29) is 11.4 Å². The molecule has 1 N–H and O–H groups in total. The number of hydrogen-bond donors (Lipinski definition) is 1. The first-order chi connectivity index (χ1) is 9.47. The largest absolute Gasteiger partial charge is 0.332 e. The molecule has 4 atom stereocenters. The lowest BCUT2D eigenvalue weighted by Crippen LogP contribution is -2.45. The van der Waals surface area contributed by atoms with E-state index in [9.17, 15) is 4.79 Å². The molecule has 2 amide bonds. The van der Waals surface area contributed by atoms with Crippen molar-refractivity contribution in [3.05, 3.63) is 30.3 Å². The van der Waals surface area contributed by atoms with Crippen LogP contribution in [-0.2, 0) is 0 Å². The third-order valence-electron chi connectivity index (χ3n) is 6.64. The van der Waals surface area contributed by atoms with Crippen LogP contribution in [0.1, 0.15) is 33.6 Å². The topological polar surface area (TPSA) is 32.3 Å². The van der Waals surface area contributed by atoms with E-state index in [4.69, 9.17) is 0 Å². The molecule has 106 valence electrons. The molecular weight excluding hydrogens is 248 g/mol. The van der Waals surface area contributed by atoms with Crippen LogP contribution in [0.4, 0.5) is 10.5 Å². The summed E-state index contributed by atoms with van der Waals surface area (Å²) in [6.45, 7) is 7.14. The summed E-state index contributed by atoms with van der Waals surface area (Å²) < 4.78 is 0. The Kier molecular flexibility index (Phi) is 2.19. The summed E-state index contributed by atoms with van der Waals surface area (Å²) in [4.78, 5) is 14.5. The Labute approximate surface area is 120 Å². The van der Waals surface area contributed by atoms with Gasteiger partial charge in [-0.25, -0.2) is 4.79 Å². The molecule has 0 aromatic heterocycles. The number of rotatable bonds is 1. The lowest BCUT2D eigenvalue weighted by Gasteiger charge is -2.38. The Morgan fingerprint density at radius 1 is 1.20 bits per heavy atom. The Bertz CT molecular complexity index is 568. The van der Waals surface area contributed by atoms with Gasteiger partial charge in [-0.1, -0.05) is 39.0 Å². The van der Waals surface area contributed by atoms with Crippen LogP contribution in [0.5, 0.6) is 0 Å². The first-order valence-corrected chi connectivity index (χ1v) is 7.61. The molecule has 3 aliphatic rings. The minimum absolute atomic E-state index is 0.0832. The summed E-state index contributed by atoms with van der Waals surface area (Å²) in [5.41, 5.74) is 1.55. The van der Waals surface area contributed by atoms with E-state index in [0.29, 0.717) is 23.4 Å². The number of para-hydroxylation sites is 1. The predicted octanol–water partition coefficient (Wildman–Crippen LogP) is 3.41. The lowest BCUT2D eigenvalue weighted by molar-refractivity contribution is 0.126. The fourth-order valence-electron chi connectivity index (χ4n) is 5.11. The monoisotopic (exact) mass is 270 g/mol. The number of hydrogen-bond acceptors (Lipinski definition) is 1. The van der Waals surface area contributed by atoms with Gasteiger partial charge >= 0.3 is 6.03 Å². The molecule has 2 bridgehead atoms. The highest BCUT2D eigenvalue weighted by molar-refractivity contribution is 5.96. The van der Waals surface area contributed by atoms with Gasteiger partial charge in [-0.15, -0.1) is 0 Å². The number of fused-ring (bicyclic) bond motifs is 5. The molecule has 2 unspecified atom stereocenters. The van der Waals surface area contributed by atoms with E-state index in [1.165, 1.54) is 12.8 Å². The summed E-state index contributed by atoms with van der Waals surface area (Å²) in [5.74, 6) is 0.594. The van der Waals surface area contributed by atoms with Crippen molar-refractivity contribution < 1.29 is 4.79 Å². The summed E-state index contributed by atoms with van der Waals surface area (Å²) in [7, 11) is 0. The second-order valence-electron chi connectivity index (χ2n) is 7.41. The van der Waals surface area contributed by atoms with Crippen molar-refractivity contribution in [2.75, 3.05) is 4.90 Å². The van der Waals surface area contributed by atoms with Gasteiger partial charge in [-0.2, -0.15) is 0 Å². The molecule has 20 heavy (non-hydrogen) atoms. The average molecular weight is 270 g/mol. The van der Waals surface area contributed by atoms with Gasteiger partial charge in [0.15, 0.2) is 0 Å². The van der Waals surface area contributed by atoms with Crippen molar-refractivity contribution in [3.63, 3.8) is 0 Å². The number of nitrogens with one attached hydrogen (secondary N) is 1. The average Bonchev–Trinajstić information content (AvgIpc) is 2.93. The van der Waals surface area contributed by atoms with Gasteiger partial charge in [-0.3, -0.25) is 4.90 Å². The maximum atomic E-state index is 12.5. The van der Waals surface area contributed by atoms with Crippen LogP contribution >= 0.6 is 0 Å². The molecular formula is C17H22N2O. The van der Waals surface area contributed by atoms with Crippen LogP contribution in [0, 0.1) is 16.7 Å². The van der Waals surface area contributed by atoms with Crippen molar-refractivity contribution >= 4 is 11.7 Å². The Morgan fingerprint density at radius 2 is 1.90 bits per heavy atom. The number of urea groups is 1. The zero-order valence-electron chi connectivity index (χ0n) is 12.4. The lowest BCUT2D eigenvalue weighted by atomic mass is 9.69. The van der Waals surface area contributed by atoms with Crippen LogP contribution in [0.3, 0.4) is 0 Å². The highest BCUT2D eigenvalue weighted by Gasteiger charge is 2.70. The van der Waals surface area contributed by atoms with Gasteiger partial charge in [0.25, 0.3) is 0 Å². The normalized spacial score (nSPS) is 40.9. The zero-order valence-corrected chi connectivity index (χ0v) is 12.4. The maximum Gasteiger partial charge on any atom is 0.322 e. The van der Waals surface area contributed by atoms with Crippen molar-refractivity contribution in [2.45, 2.75) is 45.7 Å². The summed E-state index contributed by atoms with van der Waals surface area (Å²) in [6.07, 6.45) is 2.47. The second kappa shape index (κ2) is 3.57. The van der Waals surface area contributed by atoms with Gasteiger partial charge < -0.3 is 5.32 Å². The number of amides is 2. The Hall–Kier alpha value is -1.51. The van der Waals surface area contributed by atoms with Crippen LogP contribution in [0.2, 0.25) is 0 Å². The molecule has 2 saturated carbocycles. The van der Waals surface area contributed by atoms with Crippen LogP contribution in [-0.4, -0.2) is 18.1 Å². The Balaban J connectivity index is 1.80. The van der Waals surface area contributed by atoms with Crippen molar-refractivity contribution in [3.8, 4) is 0 Å². The van der Waals surface area contributed by atoms with Gasteiger partial charge in [0.1, 0.15) is 0 Å². The minimum atomic E-state index is 0.0832. The quantitative estimate of drug-likeness (QED) is 0.833. The van der Waals surface area contributed by atoms with E-state index < -0.39 is 0 Å². The smallest absolute Gasteiger partial charge is 0.322 e. The molecule has 1 aromatic carbocycles. The zero-order chi connectivity index (χ0) is 14.1. The van der Waals surface area contributed by atoms with Gasteiger partial charge in [0.2, 0.25) is 0 Å². The molecule has 1 heterocycles. The molecule has 1 aromatic rings. The van der Waals surface area contributed by atoms with Gasteiger partial charge in [0, 0.05) is 5.69 Å². The van der Waals surface area contributed by atoms with Crippen molar-refractivity contribution in [2.24, 2.45) is 16.7 Å². The second-order valence-corrected chi connectivity index (χ2v) is 7.41. The highest BCUT2D eigenvalue weighted by atomic mass is 16.2. The Morgan fingerprint density at radius 3 is 2.60 bits per heavy atom. The summed E-state index contributed by atoms with van der Waals surface area (Å²) in [5, 5.41) is 3.28. The fourth-order valence-corrected chi connectivity index (χ4v) is 5.11. The van der Waals surface area contributed by atoms with Gasteiger partial charge in [0.05, 0.1) is 12.1 Å². The fraction of sp³-hybridized carbons (Fsp3) is 0.588. The van der Waals surface area contributed by atoms with Crippen LogP contribution in [0.15, 0.2) is 30.3 Å². The molecule has 3 nitrogen and oxygen atoms in total. The van der Waals surface area contributed by atoms with E-state index in [1.807, 2.05) is 35.2 Å². The molecule has 1 aliphatic heterocycles. The first-order valence-electron chi connectivity index (χ1n) is 7.61. The van der Waals surface area contributed by atoms with Crippen LogP contribution < -0.4 is 10.2 Å². The van der Waals surface area contributed by atoms with Crippen molar-refractivity contribution in [1.29, 1.82) is 0 Å². The molecule has 1 saturated heterocycles. The molecule has 3 heteroatoms. The molecule has 3 fully saturated rings. The maximum absolute atomic E-state index is 12.5. The molecule has 2 aliphatic carbocycles. The summed E-state index contributed by atoms with van der Waals surface area (Å²) in [6, 6.07) is 10.8. The standard InChI is InChI=1S/C17H22N2O/c1-16(2)12-9-10-17(16,3)14-13(12)19(15(20)18-14)11-7-5-4-6-8-11/h4-8,12-14H,9-10H2,1-3H3,(H,18,20)/t12-,13?,14?,17+/m1/s1. The van der Waals surface area contributed by atoms with Gasteiger partial charge in [-0.05, 0) is 41.7 Å². The molecule has 0 spiro atoms. The number of benzene rings is 1. The SMILES string of the molecule is CC1(C)[C@@H]2CC[C@@]1(C)C1NC(=O)N(c3ccccc3)C12. The predicted molar refractivity (Wildman–Crippen MR) is 79.6 cm³/mol. The van der Waals surface area contributed by atoms with E-state index in [1.54, 1.807) is 0 Å². The number of carbonyl (C=O) groups excluding carboxylic acids is 1. The number of carbonyl (C=O) groups is 1. The third kappa shape index (κ3) is 1.20. The number of nitrogens with zero attached hydrogens (tertiary/aromatic N) is 1. The minimum Gasteiger partial charge on any atom is -0.332 e. The summed E-state index contributed by atoms with van der Waals surface area (Å²) >= 11 is 0. The van der Waals surface area contributed by atoms with E-state index >= 15 is 0 Å². The van der Waals surface area contributed by atoms with Crippen molar-refractivity contribution in [1.82, 2.24) is 5.32 Å². The highest BCUT2D eigenvalue weighted by Crippen LogP contribution is 2.67. The molecule has 4 rings (SSSR count). The molecule has 0 radical (unpaired) electrons. The van der Waals surface area contributed by atoms with E-state index in [2.05, 4.69) is 26.1 Å². The third-order valence-corrected chi connectivity index (χ3v) is 6.64. The number of anilines is 1. The van der Waals surface area contributed by atoms with E-state index in [0.717, 1.165) is 5.69 Å². The first kappa shape index (κ1) is 12.2. The van der Waals surface area contributed by atoms with Crippen LogP contribution in [0.25, 0.3) is 0 Å².